The van der Waals surface area contributed by atoms with Gasteiger partial charge in [-0.15, -0.1) is 17.5 Å². The molecule has 7 heteroatoms. The molecule has 0 radical (unpaired) electrons. The van der Waals surface area contributed by atoms with E-state index >= 15 is 0 Å². The van der Waals surface area contributed by atoms with Crippen LogP contribution in [0, 0.1) is 5.92 Å². The second-order valence-corrected chi connectivity index (χ2v) is 5.98. The normalized spacial score (nSPS) is 24.7. The van der Waals surface area contributed by atoms with E-state index in [4.69, 9.17) is 0 Å². The fourth-order valence-corrected chi connectivity index (χ4v) is 3.54. The molecule has 4 rings (SSSR count). The molecule has 6 nitrogen and oxygen atoms in total. The lowest BCUT2D eigenvalue weighted by Gasteiger charge is -2.34. The predicted molar refractivity (Wildman–Crippen MR) is 86.2 cm³/mol. The molecule has 2 atom stereocenters. The average molecular weight is 321 g/mol. The molecule has 2 aromatic rings. The van der Waals surface area contributed by atoms with Gasteiger partial charge >= 0.3 is 0 Å². The number of tetrazole rings is 1. The highest BCUT2D eigenvalue weighted by Crippen LogP contribution is 2.25. The highest BCUT2D eigenvalue weighted by molar-refractivity contribution is 5.85. The molecule has 0 bridgehead atoms. The van der Waals surface area contributed by atoms with Crippen LogP contribution >= 0.6 is 12.4 Å². The van der Waals surface area contributed by atoms with Gasteiger partial charge in [0, 0.05) is 19.1 Å². The highest BCUT2D eigenvalue weighted by Gasteiger charge is 2.32. The largest absolute Gasteiger partial charge is 0.314 e. The third-order valence-electron chi connectivity index (χ3n) is 4.64. The fourth-order valence-electron chi connectivity index (χ4n) is 3.54. The van der Waals surface area contributed by atoms with Gasteiger partial charge in [0.25, 0.3) is 0 Å². The van der Waals surface area contributed by atoms with Crippen LogP contribution in [0.4, 0.5) is 0 Å². The summed E-state index contributed by atoms with van der Waals surface area (Å²) in [5, 5.41) is 15.8. The number of benzene rings is 1. The molecule has 0 amide bonds. The van der Waals surface area contributed by atoms with Gasteiger partial charge in [-0.2, -0.15) is 4.68 Å². The predicted octanol–water partition coefficient (Wildman–Crippen LogP) is 1.27. The van der Waals surface area contributed by atoms with E-state index in [9.17, 15) is 0 Å². The van der Waals surface area contributed by atoms with Crippen LogP contribution in [0.15, 0.2) is 30.3 Å². The zero-order valence-electron chi connectivity index (χ0n) is 12.4. The van der Waals surface area contributed by atoms with E-state index in [0.29, 0.717) is 0 Å². The van der Waals surface area contributed by atoms with Crippen molar-refractivity contribution >= 4 is 12.4 Å². The van der Waals surface area contributed by atoms with Gasteiger partial charge in [-0.25, -0.2) is 0 Å². The van der Waals surface area contributed by atoms with Crippen LogP contribution in [-0.2, 0) is 6.54 Å². The molecule has 0 aliphatic carbocycles. The Hall–Kier alpha value is -1.50. The minimum atomic E-state index is 0. The molecule has 22 heavy (non-hydrogen) atoms. The van der Waals surface area contributed by atoms with Gasteiger partial charge in [0.15, 0.2) is 5.82 Å². The third kappa shape index (κ3) is 2.99. The number of likely N-dealkylation sites (tertiary alicyclic amines) is 1. The summed E-state index contributed by atoms with van der Waals surface area (Å²) in [5.41, 5.74) is 1.02. The minimum absolute atomic E-state index is 0. The van der Waals surface area contributed by atoms with Crippen LogP contribution < -0.4 is 5.32 Å². The first kappa shape index (κ1) is 15.4. The van der Waals surface area contributed by atoms with Crippen molar-refractivity contribution < 1.29 is 0 Å². The monoisotopic (exact) mass is 320 g/mol. The van der Waals surface area contributed by atoms with Crippen molar-refractivity contribution in [2.24, 2.45) is 5.92 Å². The standard InChI is InChI=1S/C15H20N6.ClH/c1-2-4-13(5-3-1)21-15(17-18-19-21)11-20-9-7-14-12(10-20)6-8-16-14;/h1-5,12,14,16H,6-11H2;1H. The fraction of sp³-hybridized carbons (Fsp3) is 0.533. The Morgan fingerprint density at radius 3 is 2.91 bits per heavy atom. The summed E-state index contributed by atoms with van der Waals surface area (Å²) >= 11 is 0. The summed E-state index contributed by atoms with van der Waals surface area (Å²) in [7, 11) is 0. The lowest BCUT2D eigenvalue weighted by molar-refractivity contribution is 0.152. The Balaban J connectivity index is 0.00000144. The third-order valence-corrected chi connectivity index (χ3v) is 4.64. The van der Waals surface area contributed by atoms with Crippen molar-refractivity contribution in [2.45, 2.75) is 25.4 Å². The Kier molecular flexibility index (Phi) is 4.71. The molecule has 1 N–H and O–H groups in total. The van der Waals surface area contributed by atoms with Gasteiger partial charge in [-0.1, -0.05) is 18.2 Å². The molecule has 2 unspecified atom stereocenters. The number of hydrogen-bond acceptors (Lipinski definition) is 5. The highest BCUT2D eigenvalue weighted by atomic mass is 35.5. The number of nitrogens with zero attached hydrogens (tertiary/aromatic N) is 5. The van der Waals surface area contributed by atoms with Crippen molar-refractivity contribution in [3.05, 3.63) is 36.2 Å². The van der Waals surface area contributed by atoms with Crippen molar-refractivity contribution in [1.82, 2.24) is 30.4 Å². The summed E-state index contributed by atoms with van der Waals surface area (Å²) in [6.07, 6.45) is 2.53. The lowest BCUT2D eigenvalue weighted by atomic mass is 9.93. The molecule has 2 fully saturated rings. The van der Waals surface area contributed by atoms with Crippen molar-refractivity contribution in [2.75, 3.05) is 19.6 Å². The molecule has 0 spiro atoms. The maximum Gasteiger partial charge on any atom is 0.170 e. The van der Waals surface area contributed by atoms with Crippen LogP contribution in [-0.4, -0.2) is 50.8 Å². The second kappa shape index (κ2) is 6.73. The first-order valence-electron chi connectivity index (χ1n) is 7.68. The van der Waals surface area contributed by atoms with E-state index < -0.39 is 0 Å². The number of nitrogens with one attached hydrogen (secondary N) is 1. The maximum atomic E-state index is 4.22. The van der Waals surface area contributed by atoms with Crippen molar-refractivity contribution in [3.8, 4) is 5.69 Å². The van der Waals surface area contributed by atoms with Gasteiger partial charge in [-0.05, 0) is 47.9 Å². The van der Waals surface area contributed by atoms with E-state index in [2.05, 4.69) is 25.7 Å². The van der Waals surface area contributed by atoms with Crippen LogP contribution in [0.1, 0.15) is 18.7 Å². The van der Waals surface area contributed by atoms with Gasteiger partial charge in [0.05, 0.1) is 12.2 Å². The number of rotatable bonds is 3. The molecule has 0 saturated carbocycles. The van der Waals surface area contributed by atoms with Gasteiger partial charge < -0.3 is 5.32 Å². The molecular weight excluding hydrogens is 300 g/mol. The molecule has 2 saturated heterocycles. The van der Waals surface area contributed by atoms with E-state index in [-0.39, 0.29) is 12.4 Å². The number of piperidine rings is 1. The second-order valence-electron chi connectivity index (χ2n) is 5.98. The number of para-hydroxylation sites is 1. The number of halogens is 1. The zero-order chi connectivity index (χ0) is 14.1. The number of hydrogen-bond donors (Lipinski definition) is 1. The van der Waals surface area contributed by atoms with Crippen LogP contribution in [0.25, 0.3) is 5.69 Å². The lowest BCUT2D eigenvalue weighted by Crippen LogP contribution is -2.44. The Labute approximate surface area is 136 Å². The van der Waals surface area contributed by atoms with E-state index in [0.717, 1.165) is 43.1 Å². The van der Waals surface area contributed by atoms with Gasteiger partial charge in [0.2, 0.25) is 0 Å². The molecule has 3 heterocycles. The summed E-state index contributed by atoms with van der Waals surface area (Å²) in [6, 6.07) is 10.8. The molecular formula is C15H21ClN6. The first-order chi connectivity index (χ1) is 10.4. The van der Waals surface area contributed by atoms with Crippen LogP contribution in [0.2, 0.25) is 0 Å². The SMILES string of the molecule is Cl.c1ccc(-n2nnnc2CN2CCC3NCCC3C2)cc1. The molecule has 1 aromatic carbocycles. The molecule has 118 valence electrons. The Bertz CT molecular complexity index is 601. The van der Waals surface area contributed by atoms with E-state index in [1.165, 1.54) is 19.4 Å². The van der Waals surface area contributed by atoms with E-state index in [1.54, 1.807) is 0 Å². The topological polar surface area (TPSA) is 58.9 Å². The molecule has 2 aliphatic heterocycles. The van der Waals surface area contributed by atoms with Crippen molar-refractivity contribution in [3.63, 3.8) is 0 Å². The van der Waals surface area contributed by atoms with Crippen LogP contribution in [0.5, 0.6) is 0 Å². The van der Waals surface area contributed by atoms with Gasteiger partial charge in [-0.3, -0.25) is 4.90 Å². The number of fused-ring (bicyclic) bond motifs is 1. The zero-order valence-corrected chi connectivity index (χ0v) is 13.2. The summed E-state index contributed by atoms with van der Waals surface area (Å²) in [5.74, 6) is 1.71. The average Bonchev–Trinajstić information content (AvgIpc) is 3.16. The summed E-state index contributed by atoms with van der Waals surface area (Å²) in [4.78, 5) is 2.49. The smallest absolute Gasteiger partial charge is 0.170 e. The van der Waals surface area contributed by atoms with Gasteiger partial charge in [0.1, 0.15) is 0 Å². The Morgan fingerprint density at radius 1 is 1.18 bits per heavy atom. The number of aromatic nitrogens is 4. The minimum Gasteiger partial charge on any atom is -0.314 e. The first-order valence-corrected chi connectivity index (χ1v) is 7.68. The maximum absolute atomic E-state index is 4.22. The van der Waals surface area contributed by atoms with Crippen molar-refractivity contribution in [1.29, 1.82) is 0 Å². The quantitative estimate of drug-likeness (QED) is 0.923. The summed E-state index contributed by atoms with van der Waals surface area (Å²) in [6.45, 7) is 4.27. The summed E-state index contributed by atoms with van der Waals surface area (Å²) < 4.78 is 1.85. The van der Waals surface area contributed by atoms with E-state index in [1.807, 2.05) is 35.0 Å². The Morgan fingerprint density at radius 2 is 2.05 bits per heavy atom. The molecule has 2 aliphatic rings. The van der Waals surface area contributed by atoms with Crippen LogP contribution in [0.3, 0.4) is 0 Å². The molecule has 1 aromatic heterocycles.